The van der Waals surface area contributed by atoms with Gasteiger partial charge in [-0.25, -0.2) is 4.68 Å². The number of benzene rings is 1. The van der Waals surface area contributed by atoms with Gasteiger partial charge in [0, 0.05) is 6.54 Å². The zero-order chi connectivity index (χ0) is 13.5. The lowest BCUT2D eigenvalue weighted by Gasteiger charge is -2.03. The van der Waals surface area contributed by atoms with Crippen LogP contribution in [0.1, 0.15) is 24.6 Å². The van der Waals surface area contributed by atoms with Gasteiger partial charge in [0.05, 0.1) is 25.5 Å². The Labute approximate surface area is 113 Å². The van der Waals surface area contributed by atoms with Crippen molar-refractivity contribution >= 4 is 0 Å². The number of nitrogens with one attached hydrogen (secondary N) is 1. The molecule has 1 N–H and O–H groups in total. The molecule has 1 aromatic carbocycles. The van der Waals surface area contributed by atoms with Gasteiger partial charge in [0.2, 0.25) is 0 Å². The summed E-state index contributed by atoms with van der Waals surface area (Å²) in [6.45, 7) is 4.62. The number of nitrogens with zero attached hydrogens (tertiary/aromatic N) is 3. The van der Waals surface area contributed by atoms with Crippen LogP contribution >= 0.6 is 0 Å². The Balaban J connectivity index is 1.95. The summed E-state index contributed by atoms with van der Waals surface area (Å²) in [6, 6.07) is 7.98. The van der Waals surface area contributed by atoms with Crippen LogP contribution in [0.25, 0.3) is 0 Å². The van der Waals surface area contributed by atoms with E-state index in [9.17, 15) is 0 Å². The Bertz CT molecular complexity index is 510. The van der Waals surface area contributed by atoms with E-state index in [1.807, 2.05) is 29.1 Å². The number of methoxy groups -OCH3 is 1. The maximum atomic E-state index is 5.21. The van der Waals surface area contributed by atoms with Gasteiger partial charge in [-0.2, -0.15) is 0 Å². The fraction of sp³-hybridized carbons (Fsp3) is 0.429. The lowest BCUT2D eigenvalue weighted by atomic mass is 10.2. The van der Waals surface area contributed by atoms with Crippen molar-refractivity contribution in [3.8, 4) is 5.75 Å². The molecule has 0 radical (unpaired) electrons. The second kappa shape index (κ2) is 6.89. The topological polar surface area (TPSA) is 52.0 Å². The molecule has 0 fully saturated rings. The van der Waals surface area contributed by atoms with Gasteiger partial charge in [0.1, 0.15) is 5.75 Å². The van der Waals surface area contributed by atoms with Gasteiger partial charge >= 0.3 is 0 Å². The van der Waals surface area contributed by atoms with Crippen LogP contribution in [0, 0.1) is 0 Å². The third-order valence-electron chi connectivity index (χ3n) is 2.80. The van der Waals surface area contributed by atoms with E-state index in [1.165, 1.54) is 0 Å². The summed E-state index contributed by atoms with van der Waals surface area (Å²) < 4.78 is 7.05. The molecule has 0 spiro atoms. The predicted molar refractivity (Wildman–Crippen MR) is 74.1 cm³/mol. The molecule has 0 aliphatic heterocycles. The molecule has 0 aliphatic carbocycles. The van der Waals surface area contributed by atoms with E-state index in [-0.39, 0.29) is 0 Å². The minimum Gasteiger partial charge on any atom is -0.497 e. The molecule has 5 heteroatoms. The standard InChI is InChI=1S/C14H20N4O/c1-3-7-15-9-13-11-18(17-16-13)10-12-5-4-6-14(8-12)19-2/h4-6,8,11,15H,3,7,9-10H2,1-2H3. The molecule has 102 valence electrons. The molecule has 0 saturated heterocycles. The van der Waals surface area contributed by atoms with Crippen LogP contribution in [-0.4, -0.2) is 28.6 Å². The van der Waals surface area contributed by atoms with E-state index in [1.54, 1.807) is 7.11 Å². The van der Waals surface area contributed by atoms with Crippen LogP contribution in [0.3, 0.4) is 0 Å². The normalized spacial score (nSPS) is 10.6. The molecule has 1 aromatic heterocycles. The number of ether oxygens (including phenoxy) is 1. The first kappa shape index (κ1) is 13.5. The highest BCUT2D eigenvalue weighted by atomic mass is 16.5. The van der Waals surface area contributed by atoms with E-state index in [4.69, 9.17) is 4.74 Å². The zero-order valence-electron chi connectivity index (χ0n) is 11.5. The van der Waals surface area contributed by atoms with E-state index in [2.05, 4.69) is 28.6 Å². The molecule has 2 aromatic rings. The average Bonchev–Trinajstić information content (AvgIpc) is 2.87. The van der Waals surface area contributed by atoms with Crippen molar-refractivity contribution < 1.29 is 4.74 Å². The molecular formula is C14H20N4O. The van der Waals surface area contributed by atoms with Gasteiger partial charge in [-0.3, -0.25) is 0 Å². The lowest BCUT2D eigenvalue weighted by Crippen LogP contribution is -2.13. The SMILES string of the molecule is CCCNCc1cn(Cc2cccc(OC)c2)nn1. The molecule has 0 unspecified atom stereocenters. The minimum atomic E-state index is 0.706. The van der Waals surface area contributed by atoms with Crippen molar-refractivity contribution in [1.29, 1.82) is 0 Å². The van der Waals surface area contributed by atoms with E-state index in [0.29, 0.717) is 6.54 Å². The van der Waals surface area contributed by atoms with Crippen LogP contribution in [-0.2, 0) is 13.1 Å². The maximum absolute atomic E-state index is 5.21. The van der Waals surface area contributed by atoms with Crippen molar-refractivity contribution in [2.24, 2.45) is 0 Å². The van der Waals surface area contributed by atoms with E-state index < -0.39 is 0 Å². The summed E-state index contributed by atoms with van der Waals surface area (Å²) in [5, 5.41) is 11.6. The monoisotopic (exact) mass is 260 g/mol. The Morgan fingerprint density at radius 2 is 2.26 bits per heavy atom. The highest BCUT2D eigenvalue weighted by Crippen LogP contribution is 2.13. The van der Waals surface area contributed by atoms with Gasteiger partial charge in [0.15, 0.2) is 0 Å². The predicted octanol–water partition coefficient (Wildman–Crippen LogP) is 1.83. The second-order valence-corrected chi connectivity index (χ2v) is 4.44. The highest BCUT2D eigenvalue weighted by molar-refractivity contribution is 5.28. The van der Waals surface area contributed by atoms with Crippen molar-refractivity contribution in [2.75, 3.05) is 13.7 Å². The molecule has 2 rings (SSSR count). The van der Waals surface area contributed by atoms with Gasteiger partial charge in [-0.05, 0) is 30.7 Å². The zero-order valence-corrected chi connectivity index (χ0v) is 11.5. The first-order valence-corrected chi connectivity index (χ1v) is 6.54. The first-order valence-electron chi connectivity index (χ1n) is 6.54. The van der Waals surface area contributed by atoms with Crippen LogP contribution in [0.5, 0.6) is 5.75 Å². The summed E-state index contributed by atoms with van der Waals surface area (Å²) in [4.78, 5) is 0. The van der Waals surface area contributed by atoms with Crippen molar-refractivity contribution in [1.82, 2.24) is 20.3 Å². The summed E-state index contributed by atoms with van der Waals surface area (Å²) in [5.74, 6) is 0.863. The number of rotatable bonds is 7. The van der Waals surface area contributed by atoms with Crippen LogP contribution in [0.15, 0.2) is 30.5 Å². The lowest BCUT2D eigenvalue weighted by molar-refractivity contribution is 0.414. The first-order chi connectivity index (χ1) is 9.31. The quantitative estimate of drug-likeness (QED) is 0.772. The minimum absolute atomic E-state index is 0.706. The number of aromatic nitrogens is 3. The third-order valence-corrected chi connectivity index (χ3v) is 2.80. The van der Waals surface area contributed by atoms with Gasteiger partial charge in [0.25, 0.3) is 0 Å². The smallest absolute Gasteiger partial charge is 0.119 e. The van der Waals surface area contributed by atoms with Crippen LogP contribution in [0.4, 0.5) is 0 Å². The number of hydrogen-bond donors (Lipinski definition) is 1. The third kappa shape index (κ3) is 4.06. The Morgan fingerprint density at radius 1 is 1.37 bits per heavy atom. The van der Waals surface area contributed by atoms with Crippen molar-refractivity contribution in [3.63, 3.8) is 0 Å². The number of hydrogen-bond acceptors (Lipinski definition) is 4. The molecule has 0 bridgehead atoms. The fourth-order valence-electron chi connectivity index (χ4n) is 1.85. The fourth-order valence-corrected chi connectivity index (χ4v) is 1.85. The molecule has 19 heavy (non-hydrogen) atoms. The van der Waals surface area contributed by atoms with Crippen molar-refractivity contribution in [3.05, 3.63) is 41.7 Å². The summed E-state index contributed by atoms with van der Waals surface area (Å²) >= 11 is 0. The maximum Gasteiger partial charge on any atom is 0.119 e. The molecule has 0 amide bonds. The molecule has 0 aliphatic rings. The Morgan fingerprint density at radius 3 is 3.05 bits per heavy atom. The van der Waals surface area contributed by atoms with E-state index >= 15 is 0 Å². The van der Waals surface area contributed by atoms with Crippen molar-refractivity contribution in [2.45, 2.75) is 26.4 Å². The largest absolute Gasteiger partial charge is 0.497 e. The van der Waals surface area contributed by atoms with Gasteiger partial charge < -0.3 is 10.1 Å². The van der Waals surface area contributed by atoms with Crippen LogP contribution in [0.2, 0.25) is 0 Å². The second-order valence-electron chi connectivity index (χ2n) is 4.44. The highest BCUT2D eigenvalue weighted by Gasteiger charge is 2.02. The van der Waals surface area contributed by atoms with Gasteiger partial charge in [-0.1, -0.05) is 24.3 Å². The molecule has 5 nitrogen and oxygen atoms in total. The summed E-state index contributed by atoms with van der Waals surface area (Å²) in [6.07, 6.45) is 3.10. The Kier molecular flexibility index (Phi) is 4.92. The van der Waals surface area contributed by atoms with Crippen LogP contribution < -0.4 is 10.1 Å². The van der Waals surface area contributed by atoms with E-state index in [0.717, 1.165) is 36.5 Å². The summed E-state index contributed by atoms with van der Waals surface area (Å²) in [7, 11) is 1.67. The summed E-state index contributed by atoms with van der Waals surface area (Å²) in [5.41, 5.74) is 2.12. The molecular weight excluding hydrogens is 240 g/mol. The molecule has 0 saturated carbocycles. The molecule has 1 heterocycles. The molecule has 0 atom stereocenters. The Hall–Kier alpha value is -1.88. The average molecular weight is 260 g/mol. The van der Waals surface area contributed by atoms with Gasteiger partial charge in [-0.15, -0.1) is 5.10 Å².